The van der Waals surface area contributed by atoms with Crippen LogP contribution in [0.3, 0.4) is 0 Å². The summed E-state index contributed by atoms with van der Waals surface area (Å²) in [6.07, 6.45) is 0.771. The number of nitrogens with one attached hydrogen (secondary N) is 2. The Balaban J connectivity index is 1.64. The van der Waals surface area contributed by atoms with Crippen LogP contribution in [0.15, 0.2) is 36.4 Å². The van der Waals surface area contributed by atoms with Gasteiger partial charge in [-0.15, -0.1) is 0 Å². The molecule has 2 saturated heterocycles. The number of amides is 3. The van der Waals surface area contributed by atoms with E-state index in [4.69, 9.17) is 0 Å². The molecule has 3 aliphatic rings. The van der Waals surface area contributed by atoms with Gasteiger partial charge >= 0.3 is 0 Å². The van der Waals surface area contributed by atoms with Crippen molar-refractivity contribution in [2.75, 3.05) is 5.32 Å². The molecule has 0 bridgehead atoms. The van der Waals surface area contributed by atoms with Crippen molar-refractivity contribution < 1.29 is 29.0 Å². The monoisotopic (exact) mass is 453 g/mol. The Morgan fingerprint density at radius 2 is 1.85 bits per heavy atom. The minimum atomic E-state index is -1.58. The molecular weight excluding hydrogens is 429 g/mol. The Morgan fingerprint density at radius 1 is 1.09 bits per heavy atom. The molecule has 5 atom stereocenters. The zero-order chi connectivity index (χ0) is 23.7. The number of benzene rings is 2. The molecule has 33 heavy (non-hydrogen) atoms. The van der Waals surface area contributed by atoms with Gasteiger partial charge in [-0.3, -0.25) is 24.6 Å². The average molecular weight is 453 g/mol. The van der Waals surface area contributed by atoms with E-state index in [-0.39, 0.29) is 29.9 Å². The van der Waals surface area contributed by atoms with Crippen molar-refractivity contribution in [1.82, 2.24) is 10.2 Å². The number of halogens is 1. The smallest absolute Gasteiger partial charge is 0.250 e. The maximum absolute atomic E-state index is 14.2. The molecule has 9 heteroatoms. The molecule has 2 aromatic rings. The molecule has 3 aliphatic heterocycles. The van der Waals surface area contributed by atoms with Crippen LogP contribution in [0.1, 0.15) is 31.4 Å². The summed E-state index contributed by atoms with van der Waals surface area (Å²) in [6.45, 7) is 3.66. The zero-order valence-electron chi connectivity index (χ0n) is 18.1. The summed E-state index contributed by atoms with van der Waals surface area (Å²) in [4.78, 5) is 41.7. The van der Waals surface area contributed by atoms with Crippen molar-refractivity contribution in [2.45, 2.75) is 44.3 Å². The van der Waals surface area contributed by atoms with Gasteiger partial charge in [0.1, 0.15) is 11.4 Å². The van der Waals surface area contributed by atoms with Crippen molar-refractivity contribution in [3.05, 3.63) is 53.3 Å². The Morgan fingerprint density at radius 3 is 2.55 bits per heavy atom. The third-order valence-electron chi connectivity index (χ3n) is 7.24. The number of imide groups is 1. The van der Waals surface area contributed by atoms with Gasteiger partial charge in [0.15, 0.2) is 11.5 Å². The van der Waals surface area contributed by atoms with Crippen molar-refractivity contribution >= 4 is 23.4 Å². The fourth-order valence-electron chi connectivity index (χ4n) is 5.54. The predicted octanol–water partition coefficient (Wildman–Crippen LogP) is 2.00. The Labute approximate surface area is 189 Å². The number of nitrogens with zero attached hydrogens (tertiary/aromatic N) is 1. The quantitative estimate of drug-likeness (QED) is 0.415. The van der Waals surface area contributed by atoms with Crippen LogP contribution in [0, 0.1) is 17.7 Å². The lowest BCUT2D eigenvalue weighted by molar-refractivity contribution is -0.145. The number of fused-ring (bicyclic) bond motifs is 4. The predicted molar refractivity (Wildman–Crippen MR) is 116 cm³/mol. The lowest BCUT2D eigenvalue weighted by Crippen LogP contribution is -2.54. The zero-order valence-corrected chi connectivity index (χ0v) is 18.1. The molecule has 8 nitrogen and oxygen atoms in total. The average Bonchev–Trinajstić information content (AvgIpc) is 3.35. The van der Waals surface area contributed by atoms with Gasteiger partial charge in [0, 0.05) is 23.3 Å². The third-order valence-corrected chi connectivity index (χ3v) is 7.24. The topological polar surface area (TPSA) is 119 Å². The summed E-state index contributed by atoms with van der Waals surface area (Å²) >= 11 is 0. The first kappa shape index (κ1) is 21.4. The second-order valence-electron chi connectivity index (χ2n) is 9.04. The molecule has 2 aromatic carbocycles. The van der Waals surface area contributed by atoms with E-state index >= 15 is 0 Å². The number of anilines is 1. The van der Waals surface area contributed by atoms with E-state index in [0.717, 1.165) is 0 Å². The molecule has 0 saturated carbocycles. The van der Waals surface area contributed by atoms with E-state index < -0.39 is 41.0 Å². The highest BCUT2D eigenvalue weighted by Gasteiger charge is 2.70. The van der Waals surface area contributed by atoms with Gasteiger partial charge in [-0.05, 0) is 55.7 Å². The van der Waals surface area contributed by atoms with Gasteiger partial charge in [0.05, 0.1) is 11.8 Å². The van der Waals surface area contributed by atoms with E-state index in [1.807, 2.05) is 6.92 Å². The van der Waals surface area contributed by atoms with Crippen molar-refractivity contribution in [3.8, 4) is 11.5 Å². The van der Waals surface area contributed by atoms with Crippen molar-refractivity contribution in [1.29, 1.82) is 0 Å². The van der Waals surface area contributed by atoms with Crippen LogP contribution in [0.4, 0.5) is 10.1 Å². The Hall–Kier alpha value is -3.46. The molecule has 4 N–H and O–H groups in total. The van der Waals surface area contributed by atoms with E-state index in [0.29, 0.717) is 23.2 Å². The molecule has 3 heterocycles. The molecular formula is C24H24FN3O5. The molecule has 0 unspecified atom stereocenters. The van der Waals surface area contributed by atoms with Gasteiger partial charge in [0.2, 0.25) is 17.7 Å². The summed E-state index contributed by atoms with van der Waals surface area (Å²) in [5, 5.41) is 25.5. The van der Waals surface area contributed by atoms with Gasteiger partial charge in [-0.25, -0.2) is 4.39 Å². The summed E-state index contributed by atoms with van der Waals surface area (Å²) in [6, 6.07) is 7.26. The fraction of sp³-hybridized carbons (Fsp3) is 0.375. The highest BCUT2D eigenvalue weighted by atomic mass is 19.1. The van der Waals surface area contributed by atoms with Gasteiger partial charge in [0.25, 0.3) is 0 Å². The third kappa shape index (κ3) is 2.88. The minimum Gasteiger partial charge on any atom is -0.504 e. The summed E-state index contributed by atoms with van der Waals surface area (Å²) in [5.41, 5.74) is -0.261. The van der Waals surface area contributed by atoms with Crippen LogP contribution in [-0.4, -0.2) is 44.9 Å². The lowest BCUT2D eigenvalue weighted by atomic mass is 9.76. The maximum Gasteiger partial charge on any atom is 0.250 e. The first-order valence-electron chi connectivity index (χ1n) is 11.0. The van der Waals surface area contributed by atoms with E-state index in [1.54, 1.807) is 13.0 Å². The van der Waals surface area contributed by atoms with Crippen molar-refractivity contribution in [2.24, 2.45) is 11.8 Å². The summed E-state index contributed by atoms with van der Waals surface area (Å²) in [5.74, 6) is -4.32. The standard InChI is InChI=1S/C24H24FN3O5/c1-3-11(2)28-21(31)19-16(8-12-4-7-17(29)18(30)9-12)27-24(20(19)22(28)32)14-10-13(25)5-6-15(14)26-23(24)33/h4-7,9-11,16,19-20,27,29-30H,3,8H2,1-2H3,(H,26,33)/t11-,16-,19-,20+,24-/m1/s1. The number of hydrogen-bond donors (Lipinski definition) is 4. The molecule has 5 rings (SSSR count). The number of aromatic hydroxyl groups is 2. The first-order valence-corrected chi connectivity index (χ1v) is 11.0. The lowest BCUT2D eigenvalue weighted by Gasteiger charge is -2.31. The number of carbonyl (C=O) groups is 3. The van der Waals surface area contributed by atoms with Crippen LogP contribution < -0.4 is 10.6 Å². The second kappa shape index (κ2) is 7.28. The molecule has 0 aliphatic carbocycles. The molecule has 3 amide bonds. The minimum absolute atomic E-state index is 0.210. The van der Waals surface area contributed by atoms with Crippen LogP contribution in [-0.2, 0) is 26.3 Å². The van der Waals surface area contributed by atoms with Gasteiger partial charge in [-0.2, -0.15) is 0 Å². The Kier molecular flexibility index (Phi) is 4.72. The number of likely N-dealkylation sites (tertiary alicyclic amines) is 1. The highest BCUT2D eigenvalue weighted by Crippen LogP contribution is 2.53. The molecule has 0 aromatic heterocycles. The highest BCUT2D eigenvalue weighted by molar-refractivity contribution is 6.15. The van der Waals surface area contributed by atoms with Gasteiger partial charge in [-0.1, -0.05) is 13.0 Å². The summed E-state index contributed by atoms with van der Waals surface area (Å²) < 4.78 is 14.2. The second-order valence-corrected chi connectivity index (χ2v) is 9.04. The van der Waals surface area contributed by atoms with Gasteiger partial charge < -0.3 is 15.5 Å². The van der Waals surface area contributed by atoms with Crippen LogP contribution in [0.2, 0.25) is 0 Å². The van der Waals surface area contributed by atoms with Crippen LogP contribution in [0.5, 0.6) is 11.5 Å². The number of phenols is 2. The molecule has 172 valence electrons. The van der Waals surface area contributed by atoms with Crippen molar-refractivity contribution in [3.63, 3.8) is 0 Å². The summed E-state index contributed by atoms with van der Waals surface area (Å²) in [7, 11) is 0. The van der Waals surface area contributed by atoms with E-state index in [9.17, 15) is 29.0 Å². The number of phenolic OH excluding ortho intramolecular Hbond substituents is 2. The Bertz CT molecular complexity index is 1200. The SMILES string of the molecule is CC[C@@H](C)N1C(=O)[C@H]2[C@@H](C1=O)[C@@]1(N[C@@H]2Cc2ccc(O)c(O)c2)C(=O)Nc2ccc(F)cc21. The number of hydrogen-bond acceptors (Lipinski definition) is 6. The van der Waals surface area contributed by atoms with Crippen LogP contribution in [0.25, 0.3) is 0 Å². The first-order chi connectivity index (χ1) is 15.7. The molecule has 1 spiro atoms. The molecule has 2 fully saturated rings. The number of carbonyl (C=O) groups excluding carboxylic acids is 3. The maximum atomic E-state index is 14.2. The molecule has 0 radical (unpaired) electrons. The van der Waals surface area contributed by atoms with E-state index in [2.05, 4.69) is 10.6 Å². The number of rotatable bonds is 4. The van der Waals surface area contributed by atoms with E-state index in [1.165, 1.54) is 35.2 Å². The fourth-order valence-corrected chi connectivity index (χ4v) is 5.54. The largest absolute Gasteiger partial charge is 0.504 e. The van der Waals surface area contributed by atoms with Crippen LogP contribution >= 0.6 is 0 Å². The normalized spacial score (nSPS) is 28.9.